The van der Waals surface area contributed by atoms with Crippen LogP contribution in [0, 0.1) is 11.6 Å². The third-order valence-corrected chi connectivity index (χ3v) is 4.88. The normalized spacial score (nSPS) is 16.2. The molecule has 0 bridgehead atoms. The molecule has 1 aliphatic heterocycles. The van der Waals surface area contributed by atoms with Crippen molar-refractivity contribution in [3.63, 3.8) is 0 Å². The van der Waals surface area contributed by atoms with Crippen LogP contribution in [-0.4, -0.2) is 15.3 Å². The zero-order valence-corrected chi connectivity index (χ0v) is 15.0. The Morgan fingerprint density at radius 2 is 1.71 bits per heavy atom. The lowest BCUT2D eigenvalue weighted by atomic mass is 9.97. The molecule has 0 saturated carbocycles. The Labute approximate surface area is 161 Å². The number of hydrogen-bond acceptors (Lipinski definition) is 2. The predicted octanol–water partition coefficient (Wildman–Crippen LogP) is 5.73. The van der Waals surface area contributed by atoms with Gasteiger partial charge < -0.3 is 4.57 Å². The monoisotopic (exact) mass is 411 g/mol. The molecule has 0 spiro atoms. The summed E-state index contributed by atoms with van der Waals surface area (Å²) in [6.45, 7) is 1.63. The Morgan fingerprint density at radius 1 is 1.04 bits per heavy atom. The van der Waals surface area contributed by atoms with Gasteiger partial charge in [-0.1, -0.05) is 17.7 Å². The molecule has 0 fully saturated rings. The Bertz CT molecular complexity index is 1100. The lowest BCUT2D eigenvalue weighted by Crippen LogP contribution is -2.15. The largest absolute Gasteiger partial charge is 0.417 e. The summed E-state index contributed by atoms with van der Waals surface area (Å²) in [5.41, 5.74) is -1.95. The minimum absolute atomic E-state index is 0.205. The van der Waals surface area contributed by atoms with E-state index in [9.17, 15) is 22.0 Å². The SMILES string of the molecule is C[C@@H]1N=C(c2c(F)cccc2F)c2c(ccc(C(F)(F)F)c2Cl)-n2ccnc21. The van der Waals surface area contributed by atoms with Gasteiger partial charge >= 0.3 is 6.18 Å². The van der Waals surface area contributed by atoms with E-state index in [1.165, 1.54) is 23.0 Å². The van der Waals surface area contributed by atoms with Gasteiger partial charge in [-0.05, 0) is 31.2 Å². The van der Waals surface area contributed by atoms with Gasteiger partial charge in [0.1, 0.15) is 23.5 Å². The summed E-state index contributed by atoms with van der Waals surface area (Å²) in [5, 5.41) is -0.680. The molecular formula is C19H11ClF5N3. The van der Waals surface area contributed by atoms with E-state index >= 15 is 0 Å². The van der Waals surface area contributed by atoms with E-state index in [0.29, 0.717) is 5.82 Å². The van der Waals surface area contributed by atoms with Crippen LogP contribution in [0.25, 0.3) is 5.69 Å². The van der Waals surface area contributed by atoms with E-state index < -0.39 is 40.0 Å². The first kappa shape index (κ1) is 18.6. The second-order valence-electron chi connectivity index (χ2n) is 6.22. The molecule has 2 aromatic carbocycles. The van der Waals surface area contributed by atoms with Crippen molar-refractivity contribution in [2.24, 2.45) is 4.99 Å². The number of fused-ring (bicyclic) bond motifs is 3. The van der Waals surface area contributed by atoms with Gasteiger partial charge in [-0.2, -0.15) is 13.2 Å². The van der Waals surface area contributed by atoms with Gasteiger partial charge in [-0.25, -0.2) is 13.8 Å². The summed E-state index contributed by atoms with van der Waals surface area (Å²) < 4.78 is 70.8. The van der Waals surface area contributed by atoms with Crippen molar-refractivity contribution < 1.29 is 22.0 Å². The average molecular weight is 412 g/mol. The maximum atomic E-state index is 14.5. The maximum absolute atomic E-state index is 14.5. The Balaban J connectivity index is 2.13. The number of alkyl halides is 3. The van der Waals surface area contributed by atoms with Crippen LogP contribution in [0.3, 0.4) is 0 Å². The van der Waals surface area contributed by atoms with Crippen LogP contribution in [0.1, 0.15) is 35.5 Å². The van der Waals surface area contributed by atoms with Crippen LogP contribution >= 0.6 is 11.6 Å². The topological polar surface area (TPSA) is 30.2 Å². The van der Waals surface area contributed by atoms with Crippen molar-refractivity contribution in [2.75, 3.05) is 0 Å². The van der Waals surface area contributed by atoms with E-state index in [1.807, 2.05) is 0 Å². The third kappa shape index (κ3) is 2.79. The minimum Gasteiger partial charge on any atom is -0.301 e. The summed E-state index contributed by atoms with van der Waals surface area (Å²) in [7, 11) is 0. The molecule has 2 heterocycles. The number of rotatable bonds is 1. The smallest absolute Gasteiger partial charge is 0.301 e. The molecule has 28 heavy (non-hydrogen) atoms. The molecule has 0 saturated heterocycles. The van der Waals surface area contributed by atoms with Crippen molar-refractivity contribution in [2.45, 2.75) is 19.1 Å². The molecule has 3 aromatic rings. The minimum atomic E-state index is -4.75. The number of aliphatic imine (C=N–C) groups is 1. The van der Waals surface area contributed by atoms with Crippen LogP contribution in [0.2, 0.25) is 5.02 Å². The molecule has 1 aliphatic rings. The zero-order chi connectivity index (χ0) is 20.2. The molecule has 0 radical (unpaired) electrons. The molecule has 1 aromatic heterocycles. The van der Waals surface area contributed by atoms with E-state index in [-0.39, 0.29) is 17.0 Å². The second kappa shape index (κ2) is 6.41. The van der Waals surface area contributed by atoms with E-state index in [0.717, 1.165) is 24.3 Å². The fourth-order valence-corrected chi connectivity index (χ4v) is 3.62. The highest BCUT2D eigenvalue weighted by Gasteiger charge is 2.37. The Morgan fingerprint density at radius 3 is 2.36 bits per heavy atom. The fourth-order valence-electron chi connectivity index (χ4n) is 3.27. The molecule has 0 unspecified atom stereocenters. The summed E-state index contributed by atoms with van der Waals surface area (Å²) >= 11 is 6.13. The maximum Gasteiger partial charge on any atom is 0.417 e. The molecule has 0 aliphatic carbocycles. The van der Waals surface area contributed by atoms with Crippen molar-refractivity contribution in [3.05, 3.63) is 81.9 Å². The highest BCUT2D eigenvalue weighted by Crippen LogP contribution is 2.41. The Kier molecular flexibility index (Phi) is 4.26. The second-order valence-corrected chi connectivity index (χ2v) is 6.60. The highest BCUT2D eigenvalue weighted by molar-refractivity contribution is 6.37. The van der Waals surface area contributed by atoms with Gasteiger partial charge in [-0.3, -0.25) is 4.99 Å². The lowest BCUT2D eigenvalue weighted by molar-refractivity contribution is -0.137. The molecule has 3 nitrogen and oxygen atoms in total. The number of aromatic nitrogens is 2. The molecule has 4 rings (SSSR count). The summed E-state index contributed by atoms with van der Waals surface area (Å²) in [6, 6.07) is 4.53. The number of benzene rings is 2. The van der Waals surface area contributed by atoms with Crippen molar-refractivity contribution >= 4 is 17.3 Å². The predicted molar refractivity (Wildman–Crippen MR) is 94.0 cm³/mol. The van der Waals surface area contributed by atoms with Gasteiger partial charge in [-0.15, -0.1) is 0 Å². The third-order valence-electron chi connectivity index (χ3n) is 4.49. The molecule has 0 N–H and O–H groups in total. The molecule has 0 amide bonds. The number of hydrogen-bond donors (Lipinski definition) is 0. The van der Waals surface area contributed by atoms with Crippen LogP contribution in [0.5, 0.6) is 0 Å². The average Bonchev–Trinajstić information content (AvgIpc) is 3.05. The van der Waals surface area contributed by atoms with Crippen molar-refractivity contribution in [3.8, 4) is 5.69 Å². The van der Waals surface area contributed by atoms with E-state index in [1.54, 1.807) is 6.92 Å². The quantitative estimate of drug-likeness (QED) is 0.470. The fraction of sp³-hybridized carbons (Fsp3) is 0.158. The van der Waals surface area contributed by atoms with Crippen LogP contribution < -0.4 is 0 Å². The van der Waals surface area contributed by atoms with E-state index in [2.05, 4.69) is 9.98 Å². The first-order valence-corrected chi connectivity index (χ1v) is 8.53. The first-order chi connectivity index (χ1) is 13.2. The number of imidazole rings is 1. The molecular weight excluding hydrogens is 401 g/mol. The van der Waals surface area contributed by atoms with Gasteiger partial charge in [0.2, 0.25) is 0 Å². The van der Waals surface area contributed by atoms with Crippen LogP contribution in [0.4, 0.5) is 22.0 Å². The van der Waals surface area contributed by atoms with Crippen molar-refractivity contribution in [1.29, 1.82) is 0 Å². The molecule has 1 atom stereocenters. The van der Waals surface area contributed by atoms with Gasteiger partial charge in [0.05, 0.1) is 27.5 Å². The zero-order valence-electron chi connectivity index (χ0n) is 14.2. The highest BCUT2D eigenvalue weighted by atomic mass is 35.5. The van der Waals surface area contributed by atoms with Crippen molar-refractivity contribution in [1.82, 2.24) is 9.55 Å². The van der Waals surface area contributed by atoms with E-state index in [4.69, 9.17) is 11.6 Å². The number of halogens is 6. The summed E-state index contributed by atoms with van der Waals surface area (Å²) in [6.07, 6.45) is -1.75. The van der Waals surface area contributed by atoms with Crippen LogP contribution in [0.15, 0.2) is 47.7 Å². The lowest BCUT2D eigenvalue weighted by Gasteiger charge is -2.18. The van der Waals surface area contributed by atoms with Gasteiger partial charge in [0, 0.05) is 18.0 Å². The summed E-state index contributed by atoms with van der Waals surface area (Å²) in [5.74, 6) is -1.50. The standard InChI is InChI=1S/C19H11ClF5N3/c1-9-18-26-7-8-28(18)13-6-5-10(19(23,24)25)16(20)15(13)17(27-9)14-11(21)3-2-4-12(14)22/h2-9H,1H3/t9-/m0/s1. The number of nitrogens with zero attached hydrogens (tertiary/aromatic N) is 3. The molecule has 9 heteroatoms. The Hall–Kier alpha value is -2.74. The van der Waals surface area contributed by atoms with Gasteiger partial charge in [0.15, 0.2) is 0 Å². The van der Waals surface area contributed by atoms with Crippen LogP contribution in [-0.2, 0) is 6.18 Å². The first-order valence-electron chi connectivity index (χ1n) is 8.16. The molecule has 144 valence electrons. The van der Waals surface area contributed by atoms with Gasteiger partial charge in [0.25, 0.3) is 0 Å². The summed E-state index contributed by atoms with van der Waals surface area (Å²) in [4.78, 5) is 8.48.